The zero-order chi connectivity index (χ0) is 20.5. The van der Waals surface area contributed by atoms with Gasteiger partial charge in [0.05, 0.1) is 20.0 Å². The zero-order valence-electron chi connectivity index (χ0n) is 17.4. The van der Waals surface area contributed by atoms with Crippen molar-refractivity contribution >= 4 is 35.8 Å². The van der Waals surface area contributed by atoms with Crippen molar-refractivity contribution in [3.63, 3.8) is 0 Å². The number of benzene rings is 1. The van der Waals surface area contributed by atoms with Crippen LogP contribution in [0.15, 0.2) is 52.1 Å². The standard InChI is InChI=1S/C21H28N4O4.HI/c1-22-21(23-9-5-15-28-18-7-3-6-17(16-18)27-2)25-12-10-24(11-13-25)20(26)19-8-4-14-29-19;/h3-4,6-8,14,16H,5,9-13,15H2,1-2H3,(H,22,23);1H. The minimum atomic E-state index is -0.0627. The Morgan fingerprint density at radius 3 is 2.53 bits per heavy atom. The first kappa shape index (κ1) is 23.8. The third-order valence-corrected chi connectivity index (χ3v) is 4.72. The fraction of sp³-hybridized carbons (Fsp3) is 0.429. The van der Waals surface area contributed by atoms with Crippen LogP contribution in [0.4, 0.5) is 0 Å². The maximum absolute atomic E-state index is 12.4. The molecule has 164 valence electrons. The molecule has 0 spiro atoms. The quantitative estimate of drug-likeness (QED) is 0.258. The maximum atomic E-state index is 12.4. The maximum Gasteiger partial charge on any atom is 0.289 e. The SMILES string of the molecule is CN=C(NCCCOc1cccc(OC)c1)N1CCN(C(=O)c2ccco2)CC1.I. The van der Waals surface area contributed by atoms with E-state index in [9.17, 15) is 4.79 Å². The van der Waals surface area contributed by atoms with Gasteiger partial charge in [-0.15, -0.1) is 24.0 Å². The van der Waals surface area contributed by atoms with E-state index < -0.39 is 0 Å². The van der Waals surface area contributed by atoms with Crippen molar-refractivity contribution in [3.8, 4) is 11.5 Å². The van der Waals surface area contributed by atoms with Crippen molar-refractivity contribution in [2.45, 2.75) is 6.42 Å². The van der Waals surface area contributed by atoms with Crippen LogP contribution in [0.25, 0.3) is 0 Å². The first-order valence-corrected chi connectivity index (χ1v) is 9.76. The molecule has 1 aliphatic heterocycles. The summed E-state index contributed by atoms with van der Waals surface area (Å²) >= 11 is 0. The molecular weight excluding hydrogens is 499 g/mol. The summed E-state index contributed by atoms with van der Waals surface area (Å²) in [7, 11) is 3.41. The van der Waals surface area contributed by atoms with Gasteiger partial charge in [-0.3, -0.25) is 9.79 Å². The zero-order valence-corrected chi connectivity index (χ0v) is 19.7. The molecule has 30 heavy (non-hydrogen) atoms. The molecule has 0 atom stereocenters. The van der Waals surface area contributed by atoms with E-state index in [4.69, 9.17) is 13.9 Å². The van der Waals surface area contributed by atoms with Crippen LogP contribution >= 0.6 is 24.0 Å². The Hall–Kier alpha value is -2.43. The normalized spacial score (nSPS) is 14.1. The fourth-order valence-electron chi connectivity index (χ4n) is 3.16. The van der Waals surface area contributed by atoms with Gasteiger partial charge >= 0.3 is 0 Å². The van der Waals surface area contributed by atoms with Crippen LogP contribution in [0.5, 0.6) is 11.5 Å². The Morgan fingerprint density at radius 1 is 1.13 bits per heavy atom. The van der Waals surface area contributed by atoms with E-state index in [0.717, 1.165) is 43.5 Å². The number of nitrogens with one attached hydrogen (secondary N) is 1. The van der Waals surface area contributed by atoms with Crippen molar-refractivity contribution in [2.75, 3.05) is 53.5 Å². The summed E-state index contributed by atoms with van der Waals surface area (Å²) in [5.74, 6) is 2.75. The highest BCUT2D eigenvalue weighted by Crippen LogP contribution is 2.18. The second-order valence-corrected chi connectivity index (χ2v) is 6.61. The van der Waals surface area contributed by atoms with Gasteiger partial charge in [-0.05, 0) is 30.7 Å². The van der Waals surface area contributed by atoms with Crippen LogP contribution in [0.1, 0.15) is 17.0 Å². The van der Waals surface area contributed by atoms with Gasteiger partial charge in [0.15, 0.2) is 11.7 Å². The smallest absolute Gasteiger partial charge is 0.289 e. The number of nitrogens with zero attached hydrogens (tertiary/aromatic N) is 3. The van der Waals surface area contributed by atoms with Crippen LogP contribution in [0, 0.1) is 0 Å². The number of furan rings is 1. The largest absolute Gasteiger partial charge is 0.497 e. The predicted octanol–water partition coefficient (Wildman–Crippen LogP) is 2.71. The molecule has 3 rings (SSSR count). The summed E-state index contributed by atoms with van der Waals surface area (Å²) in [6.07, 6.45) is 2.36. The van der Waals surface area contributed by atoms with Crippen LogP contribution in [-0.4, -0.2) is 75.2 Å². The van der Waals surface area contributed by atoms with Gasteiger partial charge in [0.2, 0.25) is 0 Å². The molecule has 1 aliphatic rings. The highest BCUT2D eigenvalue weighted by atomic mass is 127. The lowest BCUT2D eigenvalue weighted by Gasteiger charge is -2.36. The Bertz CT molecular complexity index is 805. The molecule has 0 aliphatic carbocycles. The number of aliphatic imine (C=N–C) groups is 1. The first-order valence-electron chi connectivity index (χ1n) is 9.76. The number of carbonyl (C=O) groups excluding carboxylic acids is 1. The minimum absolute atomic E-state index is 0. The molecular formula is C21H29IN4O4. The van der Waals surface area contributed by atoms with E-state index in [1.54, 1.807) is 26.3 Å². The summed E-state index contributed by atoms with van der Waals surface area (Å²) in [6.45, 7) is 4.09. The molecule has 2 aromatic rings. The van der Waals surface area contributed by atoms with E-state index >= 15 is 0 Å². The summed E-state index contributed by atoms with van der Waals surface area (Å²) in [5.41, 5.74) is 0. The first-order chi connectivity index (χ1) is 14.2. The van der Waals surface area contributed by atoms with Crippen molar-refractivity contribution in [1.82, 2.24) is 15.1 Å². The summed E-state index contributed by atoms with van der Waals surface area (Å²) < 4.78 is 16.2. The van der Waals surface area contributed by atoms with Crippen molar-refractivity contribution in [1.29, 1.82) is 0 Å². The van der Waals surface area contributed by atoms with Gasteiger partial charge in [0.25, 0.3) is 5.91 Å². The second kappa shape index (κ2) is 12.3. The number of methoxy groups -OCH3 is 1. The van der Waals surface area contributed by atoms with Gasteiger partial charge in [0, 0.05) is 45.8 Å². The van der Waals surface area contributed by atoms with Crippen molar-refractivity contribution in [2.24, 2.45) is 4.99 Å². The Morgan fingerprint density at radius 2 is 1.87 bits per heavy atom. The van der Waals surface area contributed by atoms with E-state index in [0.29, 0.717) is 25.5 Å². The number of halogens is 1. The summed E-state index contributed by atoms with van der Waals surface area (Å²) in [5, 5.41) is 3.37. The van der Waals surface area contributed by atoms with Gasteiger partial charge in [0.1, 0.15) is 11.5 Å². The molecule has 0 radical (unpaired) electrons. The lowest BCUT2D eigenvalue weighted by molar-refractivity contribution is 0.0657. The number of piperazine rings is 1. The van der Waals surface area contributed by atoms with Crippen LogP contribution in [0.2, 0.25) is 0 Å². The molecule has 8 nitrogen and oxygen atoms in total. The third-order valence-electron chi connectivity index (χ3n) is 4.72. The number of carbonyl (C=O) groups is 1. The molecule has 0 bridgehead atoms. The van der Waals surface area contributed by atoms with Gasteiger partial charge in [-0.1, -0.05) is 6.07 Å². The Kier molecular flexibility index (Phi) is 9.78. The average molecular weight is 528 g/mol. The lowest BCUT2D eigenvalue weighted by Crippen LogP contribution is -2.53. The molecule has 0 saturated carbocycles. The van der Waals surface area contributed by atoms with Crippen LogP contribution in [0.3, 0.4) is 0 Å². The number of ether oxygens (including phenoxy) is 2. The number of hydrogen-bond donors (Lipinski definition) is 1. The topological polar surface area (TPSA) is 79.5 Å². The number of hydrogen-bond acceptors (Lipinski definition) is 5. The molecule has 9 heteroatoms. The van der Waals surface area contributed by atoms with Crippen LogP contribution < -0.4 is 14.8 Å². The van der Waals surface area contributed by atoms with Gasteiger partial charge < -0.3 is 29.0 Å². The molecule has 2 heterocycles. The highest BCUT2D eigenvalue weighted by Gasteiger charge is 2.24. The number of guanidine groups is 1. The van der Waals surface area contributed by atoms with E-state index in [1.165, 1.54) is 6.26 Å². The number of amides is 1. The Balaban J connectivity index is 0.00000320. The summed E-state index contributed by atoms with van der Waals surface area (Å²) in [6, 6.07) is 11.0. The van der Waals surface area contributed by atoms with Gasteiger partial charge in [-0.25, -0.2) is 0 Å². The summed E-state index contributed by atoms with van der Waals surface area (Å²) in [4.78, 5) is 20.7. The predicted molar refractivity (Wildman–Crippen MR) is 126 cm³/mol. The molecule has 1 aromatic carbocycles. The molecule has 0 unspecified atom stereocenters. The fourth-order valence-corrected chi connectivity index (χ4v) is 3.16. The van der Waals surface area contributed by atoms with Crippen molar-refractivity contribution < 1.29 is 18.7 Å². The van der Waals surface area contributed by atoms with Crippen LogP contribution in [-0.2, 0) is 0 Å². The number of rotatable bonds is 7. The molecule has 1 amide bonds. The minimum Gasteiger partial charge on any atom is -0.497 e. The van der Waals surface area contributed by atoms with E-state index in [2.05, 4.69) is 15.2 Å². The lowest BCUT2D eigenvalue weighted by atomic mass is 10.3. The molecule has 1 fully saturated rings. The molecule has 1 saturated heterocycles. The van der Waals surface area contributed by atoms with E-state index in [-0.39, 0.29) is 29.9 Å². The molecule has 1 N–H and O–H groups in total. The monoisotopic (exact) mass is 528 g/mol. The highest BCUT2D eigenvalue weighted by molar-refractivity contribution is 14.0. The Labute approximate surface area is 194 Å². The van der Waals surface area contributed by atoms with E-state index in [1.807, 2.05) is 29.2 Å². The second-order valence-electron chi connectivity index (χ2n) is 6.61. The average Bonchev–Trinajstić information content (AvgIpc) is 3.31. The van der Waals surface area contributed by atoms with Crippen molar-refractivity contribution in [3.05, 3.63) is 48.4 Å². The van der Waals surface area contributed by atoms with Gasteiger partial charge in [-0.2, -0.15) is 0 Å². The molecule has 1 aromatic heterocycles. The third kappa shape index (κ3) is 6.54.